The van der Waals surface area contributed by atoms with Gasteiger partial charge in [0.1, 0.15) is 5.75 Å². The smallest absolute Gasteiger partial charge is 0.490 e. The first-order chi connectivity index (χ1) is 15.2. The van der Waals surface area contributed by atoms with Crippen LogP contribution in [0.4, 0.5) is 13.2 Å². The number of aromatic nitrogens is 1. The molecular weight excluding hydrogens is 421 g/mol. The number of rotatable bonds is 0. The van der Waals surface area contributed by atoms with Gasteiger partial charge in [-0.05, 0) is 61.4 Å². The number of aromatic amines is 1. The third kappa shape index (κ3) is 3.15. The molecule has 4 N–H and O–H groups in total. The molecular formula is C24H25F3N2O3. The lowest BCUT2D eigenvalue weighted by atomic mass is 9.52. The second-order valence-electron chi connectivity index (χ2n) is 9.17. The summed E-state index contributed by atoms with van der Waals surface area (Å²) in [7, 11) is 0. The number of phenolic OH excluding ortho intramolecular Hbond substituents is 1. The van der Waals surface area contributed by atoms with Gasteiger partial charge in [-0.3, -0.25) is 0 Å². The molecule has 2 aromatic carbocycles. The van der Waals surface area contributed by atoms with Crippen LogP contribution in [0.25, 0.3) is 21.8 Å². The summed E-state index contributed by atoms with van der Waals surface area (Å²) in [5, 5.41) is 24.3. The zero-order valence-electron chi connectivity index (χ0n) is 17.4. The van der Waals surface area contributed by atoms with Crippen molar-refractivity contribution >= 4 is 27.8 Å². The molecule has 3 atom stereocenters. The summed E-state index contributed by atoms with van der Waals surface area (Å²) < 4.78 is 31.7. The van der Waals surface area contributed by atoms with E-state index < -0.39 is 12.1 Å². The third-order valence-electron chi connectivity index (χ3n) is 7.63. The molecule has 2 bridgehead atoms. The van der Waals surface area contributed by atoms with Gasteiger partial charge in [0.05, 0.1) is 5.52 Å². The Labute approximate surface area is 182 Å². The third-order valence-corrected chi connectivity index (χ3v) is 7.63. The highest BCUT2D eigenvalue weighted by molar-refractivity contribution is 6.11. The fraction of sp³-hybridized carbons (Fsp3) is 0.458. The Morgan fingerprint density at radius 3 is 2.66 bits per heavy atom. The number of aromatic hydroxyl groups is 1. The Hall–Kier alpha value is -2.74. The average Bonchev–Trinajstić information content (AvgIpc) is 3.15. The topological polar surface area (TPSA) is 85.3 Å². The molecule has 1 aliphatic heterocycles. The van der Waals surface area contributed by atoms with E-state index in [1.165, 1.54) is 54.0 Å². The van der Waals surface area contributed by atoms with Crippen molar-refractivity contribution in [3.63, 3.8) is 0 Å². The van der Waals surface area contributed by atoms with E-state index in [9.17, 15) is 18.3 Å². The Balaban J connectivity index is 0.000000272. The van der Waals surface area contributed by atoms with Crippen molar-refractivity contribution < 1.29 is 28.2 Å². The number of alkyl halides is 3. The fourth-order valence-corrected chi connectivity index (χ4v) is 6.42. The van der Waals surface area contributed by atoms with Gasteiger partial charge >= 0.3 is 12.1 Å². The first-order valence-electron chi connectivity index (χ1n) is 11.0. The van der Waals surface area contributed by atoms with Gasteiger partial charge in [0.25, 0.3) is 0 Å². The van der Waals surface area contributed by atoms with Crippen molar-refractivity contribution in [1.29, 1.82) is 0 Å². The van der Waals surface area contributed by atoms with Crippen molar-refractivity contribution in [2.45, 2.75) is 56.2 Å². The zero-order valence-corrected chi connectivity index (χ0v) is 17.4. The van der Waals surface area contributed by atoms with E-state index >= 15 is 0 Å². The Bertz CT molecular complexity index is 1200. The summed E-state index contributed by atoms with van der Waals surface area (Å²) in [6.07, 6.45) is 2.55. The molecule has 0 amide bonds. The summed E-state index contributed by atoms with van der Waals surface area (Å²) in [4.78, 5) is 12.4. The van der Waals surface area contributed by atoms with Crippen molar-refractivity contribution in [1.82, 2.24) is 10.3 Å². The highest BCUT2D eigenvalue weighted by atomic mass is 19.4. The van der Waals surface area contributed by atoms with Gasteiger partial charge in [0.2, 0.25) is 0 Å². The molecule has 0 radical (unpaired) electrons. The molecule has 2 fully saturated rings. The first kappa shape index (κ1) is 21.1. The molecule has 8 heteroatoms. The molecule has 32 heavy (non-hydrogen) atoms. The van der Waals surface area contributed by atoms with E-state index in [1.54, 1.807) is 0 Å². The Morgan fingerprint density at radius 1 is 1.16 bits per heavy atom. The van der Waals surface area contributed by atoms with E-state index in [-0.39, 0.29) is 5.41 Å². The standard InChI is InChI=1S/C22H24N2O.C2HF3O2/c25-19-12-16-14(20-13-5-1-2-7-17(13)24-21(19)20)11-18-15-6-3-4-8-22(15,16)9-10-23-18;3-2(4,5)1(6)7/h1-2,5,7,12,15,18,23-25H,3-4,6,8-11H2;(H,6,7)/t15-,18+,22+;/m1./s1. The number of nitrogens with one attached hydrogen (secondary N) is 2. The number of halogens is 3. The molecule has 2 aliphatic carbocycles. The van der Waals surface area contributed by atoms with Gasteiger partial charge in [-0.15, -0.1) is 0 Å². The highest BCUT2D eigenvalue weighted by Crippen LogP contribution is 2.56. The number of H-pyrrole nitrogens is 1. The number of fused-ring (bicyclic) bond motifs is 5. The SMILES string of the molecule is O=C(O)C(F)(F)F.Oc1cc2c(c3c1[nH]c1ccccc13)C[C@@H]1NCC[C@]23CCCC[C@H]13. The van der Waals surface area contributed by atoms with Crippen molar-refractivity contribution in [3.05, 3.63) is 41.5 Å². The number of carboxylic acid groups (broad SMARTS) is 1. The van der Waals surface area contributed by atoms with Crippen LogP contribution in [0, 0.1) is 5.92 Å². The zero-order chi connectivity index (χ0) is 22.7. The number of carbonyl (C=O) groups is 1. The van der Waals surface area contributed by atoms with E-state index in [0.717, 1.165) is 29.9 Å². The lowest BCUT2D eigenvalue weighted by Crippen LogP contribution is -2.59. The van der Waals surface area contributed by atoms with Crippen molar-refractivity contribution in [3.8, 4) is 5.75 Å². The normalized spacial score (nSPS) is 26.7. The molecule has 6 rings (SSSR count). The van der Waals surface area contributed by atoms with E-state index in [0.29, 0.717) is 11.8 Å². The van der Waals surface area contributed by atoms with E-state index in [1.807, 2.05) is 0 Å². The summed E-state index contributed by atoms with van der Waals surface area (Å²) in [6.45, 7) is 1.12. The number of benzene rings is 2. The van der Waals surface area contributed by atoms with Gasteiger partial charge in [0, 0.05) is 27.7 Å². The number of aliphatic carboxylic acids is 1. The number of hydrogen-bond donors (Lipinski definition) is 4. The Kier molecular flexibility index (Phi) is 4.89. The number of phenols is 1. The quantitative estimate of drug-likeness (QED) is 0.391. The second kappa shape index (κ2) is 7.40. The van der Waals surface area contributed by atoms with Crippen LogP contribution < -0.4 is 5.32 Å². The van der Waals surface area contributed by atoms with Crippen LogP contribution in [0.2, 0.25) is 0 Å². The molecule has 3 aromatic rings. The van der Waals surface area contributed by atoms with Crippen LogP contribution in [0.15, 0.2) is 30.3 Å². The van der Waals surface area contributed by atoms with Crippen LogP contribution in [-0.2, 0) is 16.6 Å². The number of piperidine rings is 1. The van der Waals surface area contributed by atoms with Crippen LogP contribution in [0.1, 0.15) is 43.2 Å². The van der Waals surface area contributed by atoms with Crippen molar-refractivity contribution in [2.75, 3.05) is 6.54 Å². The summed E-state index contributed by atoms with van der Waals surface area (Å²) >= 11 is 0. The van der Waals surface area contributed by atoms with Crippen LogP contribution in [-0.4, -0.2) is 39.9 Å². The average molecular weight is 446 g/mol. The maximum atomic E-state index is 10.9. The van der Waals surface area contributed by atoms with Crippen molar-refractivity contribution in [2.24, 2.45) is 5.92 Å². The molecule has 0 spiro atoms. The first-order valence-corrected chi connectivity index (χ1v) is 11.0. The second-order valence-corrected chi connectivity index (χ2v) is 9.17. The summed E-state index contributed by atoms with van der Waals surface area (Å²) in [5.74, 6) is -1.59. The molecule has 1 saturated carbocycles. The molecule has 2 heterocycles. The largest absolute Gasteiger partial charge is 0.506 e. The lowest BCUT2D eigenvalue weighted by molar-refractivity contribution is -0.192. The fourth-order valence-electron chi connectivity index (χ4n) is 6.42. The maximum Gasteiger partial charge on any atom is 0.490 e. The van der Waals surface area contributed by atoms with Gasteiger partial charge in [-0.2, -0.15) is 13.2 Å². The van der Waals surface area contributed by atoms with Gasteiger partial charge < -0.3 is 20.5 Å². The number of para-hydroxylation sites is 1. The summed E-state index contributed by atoms with van der Waals surface area (Å²) in [5.41, 5.74) is 5.28. The summed E-state index contributed by atoms with van der Waals surface area (Å²) in [6, 6.07) is 11.2. The molecule has 1 aromatic heterocycles. The predicted octanol–water partition coefficient (Wildman–Crippen LogP) is 5.01. The van der Waals surface area contributed by atoms with Gasteiger partial charge in [-0.25, -0.2) is 4.79 Å². The van der Waals surface area contributed by atoms with E-state index in [4.69, 9.17) is 9.90 Å². The van der Waals surface area contributed by atoms with Crippen LogP contribution in [0.3, 0.4) is 0 Å². The molecule has 5 nitrogen and oxygen atoms in total. The number of carboxylic acids is 1. The number of hydrogen-bond acceptors (Lipinski definition) is 3. The molecule has 170 valence electrons. The van der Waals surface area contributed by atoms with Crippen LogP contribution in [0.5, 0.6) is 5.75 Å². The maximum absolute atomic E-state index is 10.9. The molecule has 1 saturated heterocycles. The minimum Gasteiger partial charge on any atom is -0.506 e. The van der Waals surface area contributed by atoms with Crippen LogP contribution >= 0.6 is 0 Å². The molecule has 3 aliphatic rings. The molecule has 0 unspecified atom stereocenters. The minimum absolute atomic E-state index is 0.284. The van der Waals surface area contributed by atoms with E-state index in [2.05, 4.69) is 40.6 Å². The highest BCUT2D eigenvalue weighted by Gasteiger charge is 2.52. The minimum atomic E-state index is -5.08. The monoisotopic (exact) mass is 446 g/mol. The predicted molar refractivity (Wildman–Crippen MR) is 115 cm³/mol. The lowest BCUT2D eigenvalue weighted by Gasteiger charge is -2.56. The van der Waals surface area contributed by atoms with Gasteiger partial charge in [-0.1, -0.05) is 31.0 Å². The Morgan fingerprint density at radius 2 is 1.91 bits per heavy atom. The van der Waals surface area contributed by atoms with Gasteiger partial charge in [0.15, 0.2) is 0 Å².